The molecule has 1 aromatic carbocycles. The van der Waals surface area contributed by atoms with Gasteiger partial charge in [-0.3, -0.25) is 19.2 Å². The average Bonchev–Trinajstić information content (AvgIpc) is 3.20. The monoisotopic (exact) mass is 802 g/mol. The summed E-state index contributed by atoms with van der Waals surface area (Å²) in [6, 6.07) is 7.43. The van der Waals surface area contributed by atoms with Crippen molar-refractivity contribution in [1.82, 2.24) is 15.5 Å². The fraction of sp³-hybridized carbons (Fsp3) is 0.477. The van der Waals surface area contributed by atoms with Crippen LogP contribution in [0.3, 0.4) is 0 Å². The van der Waals surface area contributed by atoms with Crippen molar-refractivity contribution in [1.29, 1.82) is 0 Å². The van der Waals surface area contributed by atoms with Crippen LogP contribution in [0, 0.1) is 17.8 Å². The topological polar surface area (TPSA) is 196 Å². The third kappa shape index (κ3) is 12.3. The van der Waals surface area contributed by atoms with E-state index in [4.69, 9.17) is 24.7 Å². The summed E-state index contributed by atoms with van der Waals surface area (Å²) in [4.78, 5) is 67.8. The van der Waals surface area contributed by atoms with Crippen LogP contribution >= 0.6 is 0 Å². The number of nitrogens with zero attached hydrogens (tertiary/aromatic N) is 1. The quantitative estimate of drug-likeness (QED) is 0.158. The molecule has 2 heterocycles. The number of likely N-dealkylation sites (tertiary alicyclic amines) is 1. The molecule has 2 bridgehead atoms. The van der Waals surface area contributed by atoms with Crippen LogP contribution in [-0.2, 0) is 33.4 Å². The van der Waals surface area contributed by atoms with Crippen molar-refractivity contribution in [3.63, 3.8) is 0 Å². The maximum Gasteiger partial charge on any atom is 0.405 e. The minimum absolute atomic E-state index is 0.0803. The zero-order valence-electron chi connectivity index (χ0n) is 34.5. The number of hydrogen-bond donors (Lipinski definition) is 4. The molecule has 1 aliphatic carbocycles. The molecule has 4 rings (SSSR count). The molecule has 314 valence electrons. The summed E-state index contributed by atoms with van der Waals surface area (Å²) < 4.78 is 22.0. The highest BCUT2D eigenvalue weighted by molar-refractivity contribution is 6.23. The van der Waals surface area contributed by atoms with Gasteiger partial charge in [0.25, 0.3) is 5.91 Å². The van der Waals surface area contributed by atoms with Crippen LogP contribution in [0.25, 0.3) is 6.08 Å². The van der Waals surface area contributed by atoms with Gasteiger partial charge in [0.2, 0.25) is 17.5 Å². The van der Waals surface area contributed by atoms with E-state index in [1.54, 1.807) is 63.2 Å². The standard InChI is InChI=1S/C44H58N4O10/c1-26-21-33-39(46-25-31-17-19-48(20-18-31)38(50)16-13-30-11-14-32(55-5)15-12-30)35(49)24-34(41(33)52)47-43(53)27(2)9-8-10-36(56-6)42(58-44(45)54)29(4)23-28(3)40(51)37(22-26)57-7/h8-16,23-24,26,28,31,36-37,40,42,46,51H,17-22,25H2,1-7H3,(H2,45,54)(H,47,53)/b10-8-,16-13+,27-9+,29-23+/t26-,28+,36+,37+,40-,42+/m1/s1. The molecule has 0 unspecified atom stereocenters. The Balaban J connectivity index is 1.55. The van der Waals surface area contributed by atoms with E-state index < -0.39 is 53.9 Å². The Kier molecular flexibility index (Phi) is 16.8. The lowest BCUT2D eigenvalue weighted by atomic mass is 9.85. The lowest BCUT2D eigenvalue weighted by molar-refractivity contribution is -0.127. The van der Waals surface area contributed by atoms with Gasteiger partial charge < -0.3 is 45.3 Å². The molecule has 0 saturated carbocycles. The van der Waals surface area contributed by atoms with Crippen LogP contribution in [0.15, 0.2) is 88.8 Å². The first-order valence-electron chi connectivity index (χ1n) is 19.6. The van der Waals surface area contributed by atoms with E-state index in [1.807, 2.05) is 31.2 Å². The molecule has 58 heavy (non-hydrogen) atoms. The molecule has 5 N–H and O–H groups in total. The van der Waals surface area contributed by atoms with E-state index in [9.17, 15) is 29.1 Å². The number of aliphatic hydroxyl groups excluding tert-OH is 1. The second kappa shape index (κ2) is 21.4. The van der Waals surface area contributed by atoms with Crippen LogP contribution < -0.4 is 21.1 Å². The normalized spacial score (nSPS) is 28.2. The van der Waals surface area contributed by atoms with E-state index >= 15 is 0 Å². The number of allylic oxidation sites excluding steroid dienone is 4. The molecule has 2 aliphatic heterocycles. The summed E-state index contributed by atoms with van der Waals surface area (Å²) in [5, 5.41) is 17.4. The third-order valence-corrected chi connectivity index (χ3v) is 10.8. The number of ketones is 2. The predicted molar refractivity (Wildman–Crippen MR) is 219 cm³/mol. The zero-order valence-corrected chi connectivity index (χ0v) is 34.5. The van der Waals surface area contributed by atoms with Gasteiger partial charge in [-0.25, -0.2) is 4.79 Å². The van der Waals surface area contributed by atoms with Crippen LogP contribution in [0.2, 0.25) is 0 Å². The highest BCUT2D eigenvalue weighted by Gasteiger charge is 2.34. The molecule has 3 amide bonds. The molecule has 1 aromatic rings. The fourth-order valence-electron chi connectivity index (χ4n) is 7.37. The van der Waals surface area contributed by atoms with Gasteiger partial charge >= 0.3 is 6.09 Å². The summed E-state index contributed by atoms with van der Waals surface area (Å²) in [5.41, 5.74) is 7.35. The van der Waals surface area contributed by atoms with Crippen molar-refractivity contribution in [2.75, 3.05) is 41.0 Å². The number of amides is 3. The van der Waals surface area contributed by atoms with E-state index in [-0.39, 0.29) is 46.7 Å². The number of piperidine rings is 1. The first-order chi connectivity index (χ1) is 27.6. The number of methoxy groups -OCH3 is 3. The predicted octanol–water partition coefficient (Wildman–Crippen LogP) is 4.31. The molecule has 6 atom stereocenters. The van der Waals surface area contributed by atoms with E-state index in [0.29, 0.717) is 44.5 Å². The van der Waals surface area contributed by atoms with Crippen molar-refractivity contribution in [2.45, 2.75) is 77.8 Å². The highest BCUT2D eigenvalue weighted by Crippen LogP contribution is 2.29. The zero-order chi connectivity index (χ0) is 42.5. The number of benzene rings is 1. The van der Waals surface area contributed by atoms with Gasteiger partial charge in [-0.2, -0.15) is 0 Å². The second-order valence-electron chi connectivity index (χ2n) is 15.2. The molecule has 1 saturated heterocycles. The number of fused-ring (bicyclic) bond motifs is 2. The van der Waals surface area contributed by atoms with Crippen LogP contribution in [-0.4, -0.2) is 105 Å². The molecular formula is C44H58N4O10. The van der Waals surface area contributed by atoms with Crippen molar-refractivity contribution in [3.05, 3.63) is 94.4 Å². The molecule has 14 nitrogen and oxygen atoms in total. The second-order valence-corrected chi connectivity index (χ2v) is 15.2. The van der Waals surface area contributed by atoms with Crippen LogP contribution in [0.4, 0.5) is 4.79 Å². The molecule has 0 spiro atoms. The fourth-order valence-corrected chi connectivity index (χ4v) is 7.37. The van der Waals surface area contributed by atoms with E-state index in [0.717, 1.165) is 17.4 Å². The third-order valence-electron chi connectivity index (χ3n) is 10.8. The minimum Gasteiger partial charge on any atom is -0.497 e. The van der Waals surface area contributed by atoms with Gasteiger partial charge in [0.1, 0.15) is 11.9 Å². The lowest BCUT2D eigenvalue weighted by Gasteiger charge is -2.32. The number of primary amides is 1. The van der Waals surface area contributed by atoms with E-state index in [2.05, 4.69) is 10.6 Å². The van der Waals surface area contributed by atoms with E-state index in [1.165, 1.54) is 20.3 Å². The molecule has 14 heteroatoms. The Morgan fingerprint density at radius 2 is 1.72 bits per heavy atom. The highest BCUT2D eigenvalue weighted by atomic mass is 16.6. The number of rotatable bonds is 9. The van der Waals surface area contributed by atoms with Gasteiger partial charge in [-0.05, 0) is 80.7 Å². The number of ether oxygens (including phenoxy) is 4. The lowest BCUT2D eigenvalue weighted by Crippen LogP contribution is -2.41. The summed E-state index contributed by atoms with van der Waals surface area (Å²) >= 11 is 0. The van der Waals surface area contributed by atoms with Crippen LogP contribution in [0.1, 0.15) is 58.9 Å². The number of nitrogens with two attached hydrogens (primary N) is 1. The van der Waals surface area contributed by atoms with Gasteiger partial charge in [-0.1, -0.05) is 50.3 Å². The van der Waals surface area contributed by atoms with Crippen molar-refractivity contribution in [2.24, 2.45) is 23.5 Å². The van der Waals surface area contributed by atoms with Gasteiger partial charge in [0, 0.05) is 63.1 Å². The number of carbonyl (C=O) groups excluding carboxylic acids is 5. The van der Waals surface area contributed by atoms with Crippen molar-refractivity contribution >= 4 is 35.6 Å². The Morgan fingerprint density at radius 1 is 1.03 bits per heavy atom. The number of carbonyl (C=O) groups is 5. The molecule has 0 aromatic heterocycles. The van der Waals surface area contributed by atoms with Gasteiger partial charge in [0.05, 0.1) is 30.7 Å². The Hall–Kier alpha value is -5.31. The average molecular weight is 803 g/mol. The van der Waals surface area contributed by atoms with Crippen molar-refractivity contribution < 1.29 is 48.0 Å². The molecule has 1 fully saturated rings. The number of Topliss-reactive ketones (excluding diaryl/α,β-unsaturated/α-hetero) is 1. The maximum absolute atomic E-state index is 14.1. The van der Waals surface area contributed by atoms with Gasteiger partial charge in [-0.15, -0.1) is 0 Å². The Morgan fingerprint density at radius 3 is 2.34 bits per heavy atom. The number of hydrogen-bond acceptors (Lipinski definition) is 11. The summed E-state index contributed by atoms with van der Waals surface area (Å²) in [5.74, 6) is -1.46. The van der Waals surface area contributed by atoms with Crippen molar-refractivity contribution in [3.8, 4) is 5.75 Å². The first kappa shape index (κ1) is 45.4. The Bertz CT molecular complexity index is 1850. The van der Waals surface area contributed by atoms with Gasteiger partial charge in [0.15, 0.2) is 6.10 Å². The minimum atomic E-state index is -1.01. The first-order valence-corrected chi connectivity index (χ1v) is 19.6. The molecule has 3 aliphatic rings. The number of aliphatic hydroxyl groups is 1. The Labute approximate surface area is 340 Å². The SMILES string of the molecule is COc1ccc(/C=C/C(=O)N2CCC(CNC3=C4C[C@@H](C)C[C@H](OC)[C@H](O)[C@@H](C)/C=C(\C)[C@H](OC(N)=O)[C@@H](OC)/C=C\C=C(/C)C(=O)NC(=CC3=O)C4=O)CC2)cc1. The van der Waals surface area contributed by atoms with Crippen LogP contribution in [0.5, 0.6) is 5.75 Å². The summed E-state index contributed by atoms with van der Waals surface area (Å²) in [6.07, 6.45) is 8.36. The number of nitrogens with one attached hydrogen (secondary N) is 2. The summed E-state index contributed by atoms with van der Waals surface area (Å²) in [6.45, 7) is 8.50. The smallest absolute Gasteiger partial charge is 0.405 e. The molecule has 0 radical (unpaired) electrons. The maximum atomic E-state index is 14.1. The largest absolute Gasteiger partial charge is 0.497 e. The molecular weight excluding hydrogens is 745 g/mol. The summed E-state index contributed by atoms with van der Waals surface area (Å²) in [7, 11) is 4.53.